The summed E-state index contributed by atoms with van der Waals surface area (Å²) in [5.41, 5.74) is -0.578. The molecule has 2 unspecified atom stereocenters. The van der Waals surface area contributed by atoms with Gasteiger partial charge < -0.3 is 4.74 Å². The minimum Gasteiger partial charge on any atom is -0.392 e. The molecule has 1 heterocycles. The fourth-order valence-corrected chi connectivity index (χ4v) is 1.82. The lowest BCUT2D eigenvalue weighted by molar-refractivity contribution is -0.155. The van der Waals surface area contributed by atoms with E-state index in [9.17, 15) is 9.59 Å². The van der Waals surface area contributed by atoms with Crippen molar-refractivity contribution in [1.82, 2.24) is 0 Å². The molecule has 2 aliphatic rings. The first-order chi connectivity index (χ1) is 5.64. The third kappa shape index (κ3) is 0.763. The molecule has 0 aromatic carbocycles. The number of fused-ring (bicyclic) bond motifs is 1. The maximum Gasteiger partial charge on any atom is 0.320 e. The molecule has 64 valence electrons. The van der Waals surface area contributed by atoms with Crippen molar-refractivity contribution in [2.24, 2.45) is 11.3 Å². The molecule has 1 saturated heterocycles. The molecule has 1 fully saturated rings. The van der Waals surface area contributed by atoms with Gasteiger partial charge in [-0.1, -0.05) is 12.2 Å². The predicted molar refractivity (Wildman–Crippen MR) is 41.1 cm³/mol. The fraction of sp³-hybridized carbons (Fsp3) is 0.556. The summed E-state index contributed by atoms with van der Waals surface area (Å²) in [4.78, 5) is 22.4. The minimum absolute atomic E-state index is 0.241. The third-order valence-corrected chi connectivity index (χ3v) is 2.79. The smallest absolute Gasteiger partial charge is 0.320 e. The Morgan fingerprint density at radius 2 is 2.25 bits per heavy atom. The maximum atomic E-state index is 11.3. The topological polar surface area (TPSA) is 43.4 Å². The van der Waals surface area contributed by atoms with Gasteiger partial charge in [-0.3, -0.25) is 9.59 Å². The zero-order valence-electron chi connectivity index (χ0n) is 6.87. The van der Waals surface area contributed by atoms with Crippen LogP contribution >= 0.6 is 0 Å². The van der Waals surface area contributed by atoms with Crippen LogP contribution in [0.2, 0.25) is 0 Å². The van der Waals surface area contributed by atoms with E-state index in [1.165, 1.54) is 0 Å². The lowest BCUT2D eigenvalue weighted by atomic mass is 9.72. The fourth-order valence-electron chi connectivity index (χ4n) is 1.82. The van der Waals surface area contributed by atoms with Gasteiger partial charge in [-0.15, -0.1) is 0 Å². The average molecular weight is 166 g/mol. The monoisotopic (exact) mass is 166 g/mol. The van der Waals surface area contributed by atoms with Crippen LogP contribution in [0, 0.1) is 11.3 Å². The van der Waals surface area contributed by atoms with Crippen molar-refractivity contribution in [3.63, 3.8) is 0 Å². The van der Waals surface area contributed by atoms with Crippen molar-refractivity contribution in [2.75, 3.05) is 0 Å². The summed E-state index contributed by atoms with van der Waals surface area (Å²) < 4.78 is 4.59. The molecular formula is C9H10O3. The number of allylic oxidation sites excluding steroid dienone is 2. The third-order valence-electron chi connectivity index (χ3n) is 2.79. The van der Waals surface area contributed by atoms with E-state index in [0.717, 1.165) is 0 Å². The molecule has 0 aromatic rings. The summed E-state index contributed by atoms with van der Waals surface area (Å²) in [5, 5.41) is 0. The van der Waals surface area contributed by atoms with Crippen LogP contribution in [-0.2, 0) is 14.3 Å². The molecule has 3 heteroatoms. The molecule has 12 heavy (non-hydrogen) atoms. The second-order valence-electron chi connectivity index (χ2n) is 3.59. The van der Waals surface area contributed by atoms with Gasteiger partial charge in [-0.25, -0.2) is 0 Å². The highest BCUT2D eigenvalue weighted by atomic mass is 16.6. The molecule has 3 nitrogen and oxygen atoms in total. The van der Waals surface area contributed by atoms with E-state index in [2.05, 4.69) is 4.74 Å². The summed E-state index contributed by atoms with van der Waals surface area (Å²) in [5.74, 6) is -0.955. The van der Waals surface area contributed by atoms with Crippen molar-refractivity contribution < 1.29 is 14.3 Å². The number of hydrogen-bond donors (Lipinski definition) is 0. The normalized spacial score (nSPS) is 39.6. The van der Waals surface area contributed by atoms with E-state index < -0.39 is 5.41 Å². The lowest BCUT2D eigenvalue weighted by Gasteiger charge is -2.25. The first-order valence-corrected chi connectivity index (χ1v) is 4.06. The first kappa shape index (κ1) is 7.53. The van der Waals surface area contributed by atoms with Gasteiger partial charge in [0.15, 0.2) is 0 Å². The van der Waals surface area contributed by atoms with Crippen LogP contribution < -0.4 is 0 Å². The van der Waals surface area contributed by atoms with E-state index in [0.29, 0.717) is 12.8 Å². The molecule has 0 radical (unpaired) electrons. The van der Waals surface area contributed by atoms with Crippen LogP contribution in [0.4, 0.5) is 0 Å². The number of esters is 2. The van der Waals surface area contributed by atoms with Crippen molar-refractivity contribution in [3.8, 4) is 0 Å². The van der Waals surface area contributed by atoms with Crippen LogP contribution in [0.1, 0.15) is 19.8 Å². The van der Waals surface area contributed by atoms with Gasteiger partial charge in [-0.05, 0) is 19.8 Å². The number of ether oxygens (including phenoxy) is 1. The Labute approximate surface area is 70.4 Å². The summed E-state index contributed by atoms with van der Waals surface area (Å²) in [6.07, 6.45) is 5.14. The van der Waals surface area contributed by atoms with Gasteiger partial charge in [0.1, 0.15) is 0 Å². The van der Waals surface area contributed by atoms with E-state index in [1.54, 1.807) is 6.92 Å². The van der Waals surface area contributed by atoms with Crippen molar-refractivity contribution in [2.45, 2.75) is 19.8 Å². The Hall–Kier alpha value is -1.12. The number of cyclic esters (lactones) is 2. The number of carbonyl (C=O) groups is 2. The Morgan fingerprint density at radius 3 is 2.92 bits per heavy atom. The first-order valence-electron chi connectivity index (χ1n) is 4.06. The highest BCUT2D eigenvalue weighted by Crippen LogP contribution is 2.44. The zero-order chi connectivity index (χ0) is 8.77. The molecule has 1 aliphatic heterocycles. The molecule has 1 aliphatic carbocycles. The van der Waals surface area contributed by atoms with Gasteiger partial charge in [-0.2, -0.15) is 0 Å². The second kappa shape index (κ2) is 2.19. The maximum absolute atomic E-state index is 11.3. The molecule has 0 bridgehead atoms. The molecule has 2 atom stereocenters. The van der Waals surface area contributed by atoms with Crippen molar-refractivity contribution in [1.29, 1.82) is 0 Å². The SMILES string of the molecule is CC12CC=CCC1C(=O)OC2=O. The number of hydrogen-bond acceptors (Lipinski definition) is 3. The quantitative estimate of drug-likeness (QED) is 0.307. The minimum atomic E-state index is -0.578. The van der Waals surface area contributed by atoms with Crippen LogP contribution in [0.25, 0.3) is 0 Å². The van der Waals surface area contributed by atoms with Gasteiger partial charge >= 0.3 is 11.9 Å². The zero-order valence-corrected chi connectivity index (χ0v) is 6.87. The van der Waals surface area contributed by atoms with Crippen LogP contribution in [-0.4, -0.2) is 11.9 Å². The van der Waals surface area contributed by atoms with E-state index in [1.807, 2.05) is 12.2 Å². The van der Waals surface area contributed by atoms with Crippen molar-refractivity contribution in [3.05, 3.63) is 12.2 Å². The van der Waals surface area contributed by atoms with E-state index >= 15 is 0 Å². The van der Waals surface area contributed by atoms with Crippen LogP contribution in [0.15, 0.2) is 12.2 Å². The molecule has 0 amide bonds. The summed E-state index contributed by atoms with van der Waals surface area (Å²) in [7, 11) is 0. The summed E-state index contributed by atoms with van der Waals surface area (Å²) >= 11 is 0. The average Bonchev–Trinajstić information content (AvgIpc) is 2.25. The molecule has 0 spiro atoms. The number of carbonyl (C=O) groups excluding carboxylic acids is 2. The van der Waals surface area contributed by atoms with Gasteiger partial charge in [0.2, 0.25) is 0 Å². The lowest BCUT2D eigenvalue weighted by Crippen LogP contribution is -2.31. The highest BCUT2D eigenvalue weighted by Gasteiger charge is 2.53. The summed E-state index contributed by atoms with van der Waals surface area (Å²) in [6.45, 7) is 1.80. The van der Waals surface area contributed by atoms with Crippen molar-refractivity contribution >= 4 is 11.9 Å². The summed E-state index contributed by atoms with van der Waals surface area (Å²) in [6, 6.07) is 0. The standard InChI is InChI=1S/C9H10O3/c1-9-5-3-2-4-6(9)7(10)12-8(9)11/h2-3,6H,4-5H2,1H3. The van der Waals surface area contributed by atoms with E-state index in [4.69, 9.17) is 0 Å². The molecule has 0 aromatic heterocycles. The highest BCUT2D eigenvalue weighted by molar-refractivity contribution is 5.99. The Kier molecular flexibility index (Phi) is 1.37. The Bertz CT molecular complexity index is 279. The molecule has 0 saturated carbocycles. The predicted octanol–water partition coefficient (Wildman–Crippen LogP) is 1.04. The molecule has 0 N–H and O–H groups in total. The van der Waals surface area contributed by atoms with Gasteiger partial charge in [0.25, 0.3) is 0 Å². The largest absolute Gasteiger partial charge is 0.392 e. The van der Waals surface area contributed by atoms with Gasteiger partial charge in [0.05, 0.1) is 11.3 Å². The number of rotatable bonds is 0. The Morgan fingerprint density at radius 1 is 1.50 bits per heavy atom. The second-order valence-corrected chi connectivity index (χ2v) is 3.59. The van der Waals surface area contributed by atoms with E-state index in [-0.39, 0.29) is 17.9 Å². The molecule has 2 rings (SSSR count). The van der Waals surface area contributed by atoms with Crippen LogP contribution in [0.5, 0.6) is 0 Å². The molecular weight excluding hydrogens is 156 g/mol. The van der Waals surface area contributed by atoms with Gasteiger partial charge in [0, 0.05) is 0 Å². The van der Waals surface area contributed by atoms with Crippen LogP contribution in [0.3, 0.4) is 0 Å². The Balaban J connectivity index is 2.41.